The number of anilines is 1. The molecule has 1 aliphatic heterocycles. The lowest BCUT2D eigenvalue weighted by molar-refractivity contribution is 0.0600. The second-order valence-corrected chi connectivity index (χ2v) is 6.26. The van der Waals surface area contributed by atoms with Crippen LogP contribution in [0.5, 0.6) is 0 Å². The Balaban J connectivity index is 1.78. The summed E-state index contributed by atoms with van der Waals surface area (Å²) in [5.41, 5.74) is 1.78. The molecule has 1 aliphatic rings. The second-order valence-electron chi connectivity index (χ2n) is 5.17. The third-order valence-corrected chi connectivity index (χ3v) is 4.59. The Morgan fingerprint density at radius 1 is 1.23 bits per heavy atom. The fourth-order valence-corrected chi connectivity index (χ4v) is 3.42. The maximum Gasteiger partial charge on any atom is 0.337 e. The first-order valence-corrected chi connectivity index (χ1v) is 8.15. The molecule has 1 aromatic heterocycles. The number of rotatable bonds is 4. The van der Waals surface area contributed by atoms with E-state index in [1.807, 2.05) is 0 Å². The molecule has 0 amide bonds. The fourth-order valence-electron chi connectivity index (χ4n) is 2.55. The van der Waals surface area contributed by atoms with E-state index in [4.69, 9.17) is 4.74 Å². The predicted molar refractivity (Wildman–Crippen MR) is 87.6 cm³/mol. The van der Waals surface area contributed by atoms with Crippen LogP contribution in [-0.2, 0) is 4.74 Å². The van der Waals surface area contributed by atoms with Gasteiger partial charge in [0.2, 0.25) is 0 Å². The van der Waals surface area contributed by atoms with Crippen molar-refractivity contribution in [2.24, 2.45) is 0 Å². The zero-order valence-corrected chi connectivity index (χ0v) is 13.3. The van der Waals surface area contributed by atoms with E-state index in [0.29, 0.717) is 5.56 Å². The van der Waals surface area contributed by atoms with Gasteiger partial charge in [0.05, 0.1) is 12.7 Å². The van der Waals surface area contributed by atoms with Gasteiger partial charge in [0, 0.05) is 29.9 Å². The Morgan fingerprint density at radius 3 is 2.82 bits per heavy atom. The quantitative estimate of drug-likeness (QED) is 0.806. The van der Waals surface area contributed by atoms with Gasteiger partial charge in [0.1, 0.15) is 5.03 Å². The molecule has 5 heteroatoms. The largest absolute Gasteiger partial charge is 0.465 e. The molecule has 1 aromatic carbocycles. The number of hydrogen-bond donors (Lipinski definition) is 0. The fraction of sp³-hybridized carbons (Fsp3) is 0.294. The molecule has 0 N–H and O–H groups in total. The molecule has 2 aromatic rings. The molecule has 4 nitrogen and oxygen atoms in total. The van der Waals surface area contributed by atoms with E-state index in [1.165, 1.54) is 25.6 Å². The Hall–Kier alpha value is -2.01. The maximum absolute atomic E-state index is 11.6. The molecule has 114 valence electrons. The van der Waals surface area contributed by atoms with Crippen LogP contribution < -0.4 is 4.90 Å². The number of carbonyl (C=O) groups excluding carboxylic acids is 1. The van der Waals surface area contributed by atoms with Crippen molar-refractivity contribution in [3.8, 4) is 0 Å². The predicted octanol–water partition coefficient (Wildman–Crippen LogP) is 3.62. The zero-order chi connectivity index (χ0) is 15.4. The summed E-state index contributed by atoms with van der Waals surface area (Å²) in [6.07, 6.45) is 4.17. The highest BCUT2D eigenvalue weighted by atomic mass is 32.2. The summed E-state index contributed by atoms with van der Waals surface area (Å²) in [4.78, 5) is 19.4. The second kappa shape index (κ2) is 6.83. The summed E-state index contributed by atoms with van der Waals surface area (Å²) in [5.74, 6) is -0.338. The van der Waals surface area contributed by atoms with Gasteiger partial charge in [-0.1, -0.05) is 17.8 Å². The monoisotopic (exact) mass is 314 g/mol. The number of pyridine rings is 1. The van der Waals surface area contributed by atoms with Crippen LogP contribution in [0, 0.1) is 0 Å². The molecule has 0 saturated carbocycles. The Morgan fingerprint density at radius 2 is 2.05 bits per heavy atom. The topological polar surface area (TPSA) is 42.4 Å². The highest BCUT2D eigenvalue weighted by molar-refractivity contribution is 7.99. The summed E-state index contributed by atoms with van der Waals surface area (Å²) in [6, 6.07) is 11.9. The van der Waals surface area contributed by atoms with Crippen LogP contribution in [0.1, 0.15) is 23.2 Å². The van der Waals surface area contributed by atoms with Crippen LogP contribution in [0.2, 0.25) is 0 Å². The van der Waals surface area contributed by atoms with Crippen molar-refractivity contribution in [3.63, 3.8) is 0 Å². The smallest absolute Gasteiger partial charge is 0.337 e. The molecule has 0 atom stereocenters. The Kier molecular flexibility index (Phi) is 4.63. The van der Waals surface area contributed by atoms with E-state index in [-0.39, 0.29) is 5.97 Å². The minimum Gasteiger partial charge on any atom is -0.465 e. The normalized spacial score (nSPS) is 14.1. The summed E-state index contributed by atoms with van der Waals surface area (Å²) < 4.78 is 4.75. The lowest BCUT2D eigenvalue weighted by Crippen LogP contribution is -2.17. The number of carbonyl (C=O) groups is 1. The van der Waals surface area contributed by atoms with Gasteiger partial charge in [0.25, 0.3) is 0 Å². The van der Waals surface area contributed by atoms with Gasteiger partial charge in [-0.2, -0.15) is 0 Å². The molecular formula is C17H18N2O2S. The summed E-state index contributed by atoms with van der Waals surface area (Å²) >= 11 is 1.56. The van der Waals surface area contributed by atoms with Crippen LogP contribution in [-0.4, -0.2) is 31.2 Å². The van der Waals surface area contributed by atoms with Crippen molar-refractivity contribution in [2.75, 3.05) is 25.1 Å². The van der Waals surface area contributed by atoms with E-state index in [0.717, 1.165) is 23.0 Å². The molecule has 0 bridgehead atoms. The van der Waals surface area contributed by atoms with Gasteiger partial charge >= 0.3 is 5.97 Å². The van der Waals surface area contributed by atoms with E-state index >= 15 is 0 Å². The third kappa shape index (κ3) is 3.42. The highest BCUT2D eigenvalue weighted by Crippen LogP contribution is 2.30. The standard InChI is InChI=1S/C17H18N2O2S/c1-21-17(20)13-7-8-18-16(11-13)22-15-6-4-5-14(12-15)19-9-2-3-10-19/h4-8,11-12H,2-3,9-10H2,1H3. The third-order valence-electron chi connectivity index (χ3n) is 3.67. The molecule has 0 aliphatic carbocycles. The zero-order valence-electron chi connectivity index (χ0n) is 12.5. The SMILES string of the molecule is COC(=O)c1ccnc(Sc2cccc(N3CCCC3)c2)c1. The van der Waals surface area contributed by atoms with E-state index in [9.17, 15) is 4.79 Å². The number of benzene rings is 1. The van der Waals surface area contributed by atoms with E-state index < -0.39 is 0 Å². The highest BCUT2D eigenvalue weighted by Gasteiger charge is 2.13. The number of methoxy groups -OCH3 is 1. The van der Waals surface area contributed by atoms with Crippen LogP contribution in [0.15, 0.2) is 52.5 Å². The number of aromatic nitrogens is 1. The molecule has 0 radical (unpaired) electrons. The minimum absolute atomic E-state index is 0.338. The minimum atomic E-state index is -0.338. The van der Waals surface area contributed by atoms with E-state index in [2.05, 4.69) is 34.1 Å². The lowest BCUT2D eigenvalue weighted by atomic mass is 10.3. The molecular weight excluding hydrogens is 296 g/mol. The van der Waals surface area contributed by atoms with Gasteiger partial charge < -0.3 is 9.64 Å². The van der Waals surface area contributed by atoms with Gasteiger partial charge in [-0.05, 0) is 43.2 Å². The van der Waals surface area contributed by atoms with Crippen molar-refractivity contribution >= 4 is 23.4 Å². The average Bonchev–Trinajstić information content (AvgIpc) is 3.09. The van der Waals surface area contributed by atoms with Crippen LogP contribution >= 0.6 is 11.8 Å². The number of hydrogen-bond acceptors (Lipinski definition) is 5. The van der Waals surface area contributed by atoms with Crippen molar-refractivity contribution in [2.45, 2.75) is 22.8 Å². The van der Waals surface area contributed by atoms with Crippen molar-refractivity contribution < 1.29 is 9.53 Å². The molecule has 0 unspecified atom stereocenters. The molecule has 22 heavy (non-hydrogen) atoms. The molecule has 0 spiro atoms. The van der Waals surface area contributed by atoms with Crippen molar-refractivity contribution in [1.29, 1.82) is 0 Å². The first-order chi connectivity index (χ1) is 10.8. The summed E-state index contributed by atoms with van der Waals surface area (Å²) in [6.45, 7) is 2.26. The van der Waals surface area contributed by atoms with Gasteiger partial charge in [-0.15, -0.1) is 0 Å². The average molecular weight is 314 g/mol. The van der Waals surface area contributed by atoms with Crippen LogP contribution in [0.3, 0.4) is 0 Å². The molecule has 2 heterocycles. The Bertz CT molecular complexity index is 669. The molecule has 1 fully saturated rings. The number of esters is 1. The Labute approximate surface area is 134 Å². The summed E-state index contributed by atoms with van der Waals surface area (Å²) in [5, 5.41) is 0.793. The lowest BCUT2D eigenvalue weighted by Gasteiger charge is -2.18. The molecule has 3 rings (SSSR count). The van der Waals surface area contributed by atoms with Crippen molar-refractivity contribution in [1.82, 2.24) is 4.98 Å². The number of nitrogens with zero attached hydrogens (tertiary/aromatic N) is 2. The van der Waals surface area contributed by atoms with Gasteiger partial charge in [-0.3, -0.25) is 0 Å². The maximum atomic E-state index is 11.6. The number of ether oxygens (including phenoxy) is 1. The van der Waals surface area contributed by atoms with Gasteiger partial charge in [0.15, 0.2) is 0 Å². The van der Waals surface area contributed by atoms with Crippen molar-refractivity contribution in [3.05, 3.63) is 48.2 Å². The molecule has 1 saturated heterocycles. The van der Waals surface area contributed by atoms with Crippen LogP contribution in [0.4, 0.5) is 5.69 Å². The van der Waals surface area contributed by atoms with E-state index in [1.54, 1.807) is 30.1 Å². The summed E-state index contributed by atoms with van der Waals surface area (Å²) in [7, 11) is 1.38. The van der Waals surface area contributed by atoms with Gasteiger partial charge in [-0.25, -0.2) is 9.78 Å². The first-order valence-electron chi connectivity index (χ1n) is 7.33. The van der Waals surface area contributed by atoms with Crippen LogP contribution in [0.25, 0.3) is 0 Å². The first kappa shape index (κ1) is 14.9.